The van der Waals surface area contributed by atoms with E-state index in [2.05, 4.69) is 11.8 Å². The third kappa shape index (κ3) is 6.29. The molecule has 1 aromatic heterocycles. The van der Waals surface area contributed by atoms with E-state index in [4.69, 9.17) is 9.47 Å². The molecule has 1 amide bonds. The maximum atomic E-state index is 13.8. The summed E-state index contributed by atoms with van der Waals surface area (Å²) in [6.07, 6.45) is 4.70. The molecule has 2 fully saturated rings. The van der Waals surface area contributed by atoms with Crippen LogP contribution in [0.4, 0.5) is 5.69 Å². The molecule has 0 unspecified atom stereocenters. The number of hydrogen-bond acceptors (Lipinski definition) is 7. The predicted octanol–water partition coefficient (Wildman–Crippen LogP) is 4.85. The van der Waals surface area contributed by atoms with E-state index in [9.17, 15) is 23.1 Å². The molecule has 0 spiro atoms. The monoisotopic (exact) mass is 588 g/mol. The lowest BCUT2D eigenvalue weighted by Crippen LogP contribution is -2.60. The minimum absolute atomic E-state index is 0.00436. The van der Waals surface area contributed by atoms with E-state index in [0.29, 0.717) is 16.3 Å². The number of thiophene rings is 1. The highest BCUT2D eigenvalue weighted by molar-refractivity contribution is 7.89. The Morgan fingerprint density at radius 2 is 1.75 bits per heavy atom. The summed E-state index contributed by atoms with van der Waals surface area (Å²) in [4.78, 5) is 28.2. The molecule has 1 aromatic carbocycles. The smallest absolute Gasteiger partial charge is 0.348 e. The quantitative estimate of drug-likeness (QED) is 0.460. The van der Waals surface area contributed by atoms with Crippen molar-refractivity contribution in [1.82, 2.24) is 4.31 Å². The lowest BCUT2D eigenvalue weighted by molar-refractivity contribution is -0.121. The van der Waals surface area contributed by atoms with Gasteiger partial charge in [0, 0.05) is 18.0 Å². The molecule has 1 aliphatic carbocycles. The van der Waals surface area contributed by atoms with Crippen LogP contribution in [0.1, 0.15) is 67.4 Å². The van der Waals surface area contributed by atoms with Crippen molar-refractivity contribution in [3.05, 3.63) is 34.0 Å². The van der Waals surface area contributed by atoms with Crippen molar-refractivity contribution < 1.29 is 32.6 Å². The predicted molar refractivity (Wildman–Crippen MR) is 154 cm³/mol. The highest BCUT2D eigenvalue weighted by atomic mass is 32.2. The molecule has 11 heteroatoms. The summed E-state index contributed by atoms with van der Waals surface area (Å²) in [5.41, 5.74) is 0.0115. The number of aromatic carboxylic acids is 1. The van der Waals surface area contributed by atoms with Crippen LogP contribution in [0.15, 0.2) is 29.2 Å². The number of carboxylic acids is 1. The fraction of sp³-hybridized carbons (Fsp3) is 0.517. The Morgan fingerprint density at radius 3 is 2.35 bits per heavy atom. The van der Waals surface area contributed by atoms with Gasteiger partial charge in [-0.25, -0.2) is 13.2 Å². The van der Waals surface area contributed by atoms with Crippen LogP contribution in [-0.4, -0.2) is 63.1 Å². The summed E-state index contributed by atoms with van der Waals surface area (Å²) in [6, 6.07) is 5.51. The van der Waals surface area contributed by atoms with Crippen molar-refractivity contribution in [3.63, 3.8) is 0 Å². The highest BCUT2D eigenvalue weighted by Crippen LogP contribution is 2.40. The van der Waals surface area contributed by atoms with Gasteiger partial charge in [-0.15, -0.1) is 11.3 Å². The number of benzene rings is 1. The van der Waals surface area contributed by atoms with Gasteiger partial charge in [0.05, 0.1) is 42.3 Å². The summed E-state index contributed by atoms with van der Waals surface area (Å²) in [5.74, 6) is 5.29. The van der Waals surface area contributed by atoms with Crippen molar-refractivity contribution in [2.24, 2.45) is 11.3 Å². The van der Waals surface area contributed by atoms with Gasteiger partial charge in [0.25, 0.3) is 0 Å². The lowest BCUT2D eigenvalue weighted by atomic mass is 9.82. The normalized spacial score (nSPS) is 19.2. The average Bonchev–Trinajstić information content (AvgIpc) is 3.35. The van der Waals surface area contributed by atoms with E-state index in [-0.39, 0.29) is 33.4 Å². The van der Waals surface area contributed by atoms with E-state index >= 15 is 0 Å². The minimum atomic E-state index is -4.06. The molecule has 9 nitrogen and oxygen atoms in total. The van der Waals surface area contributed by atoms with E-state index in [1.807, 2.05) is 20.8 Å². The SMILES string of the molecule is COc1ccc(S(=O)(=O)N2CC(=O)N(c3cc(C#CC(C)(C)C)sc3C(=O)O)[C@H](C3CCCCC3)C2)cc1OC. The first kappa shape index (κ1) is 29.9. The molecular weight excluding hydrogens is 552 g/mol. The van der Waals surface area contributed by atoms with E-state index in [1.54, 1.807) is 11.0 Å². The first-order chi connectivity index (χ1) is 18.9. The number of carbonyl (C=O) groups excluding carboxylic acids is 1. The van der Waals surface area contributed by atoms with Crippen molar-refractivity contribution in [3.8, 4) is 23.3 Å². The molecule has 0 radical (unpaired) electrons. The topological polar surface area (TPSA) is 113 Å². The second-order valence-corrected chi connectivity index (χ2v) is 14.2. The Labute approximate surface area is 240 Å². The van der Waals surface area contributed by atoms with Crippen LogP contribution in [0, 0.1) is 23.2 Å². The Kier molecular flexibility index (Phi) is 8.83. The Morgan fingerprint density at radius 1 is 1.07 bits per heavy atom. The first-order valence-electron chi connectivity index (χ1n) is 13.3. The molecular formula is C29H36N2O7S2. The maximum Gasteiger partial charge on any atom is 0.348 e. The van der Waals surface area contributed by atoms with Gasteiger partial charge in [-0.1, -0.05) is 31.1 Å². The number of carbonyl (C=O) groups is 2. The van der Waals surface area contributed by atoms with E-state index < -0.39 is 34.5 Å². The first-order valence-corrected chi connectivity index (χ1v) is 15.6. The number of piperazine rings is 1. The standard InChI is InChI=1S/C29H36N2O7S2/c1-29(2,3)14-13-20-15-22(27(39-20)28(33)34)31-23(19-9-7-6-8-10-19)17-30(18-26(31)32)40(35,36)21-11-12-24(37-4)25(16-21)38-5/h11-12,15-16,19,23H,6-10,17-18H2,1-5H3,(H,33,34)/t23-/m0/s1. The molecule has 1 aliphatic heterocycles. The van der Waals surface area contributed by atoms with E-state index in [0.717, 1.165) is 43.4 Å². The zero-order chi connectivity index (χ0) is 29.2. The fourth-order valence-corrected chi connectivity index (χ4v) is 7.56. The lowest BCUT2D eigenvalue weighted by Gasteiger charge is -2.44. The Hall–Kier alpha value is -3.07. The molecule has 1 atom stereocenters. The molecule has 2 aromatic rings. The molecule has 0 bridgehead atoms. The molecule has 1 saturated carbocycles. The van der Waals surface area contributed by atoms with Crippen LogP contribution < -0.4 is 14.4 Å². The second kappa shape index (κ2) is 11.8. The number of anilines is 1. The molecule has 2 aliphatic rings. The van der Waals surface area contributed by atoms with Gasteiger partial charge in [0.2, 0.25) is 15.9 Å². The number of ether oxygens (including phenoxy) is 2. The van der Waals surface area contributed by atoms with Crippen LogP contribution in [0.5, 0.6) is 11.5 Å². The number of amides is 1. The largest absolute Gasteiger partial charge is 0.493 e. The highest BCUT2D eigenvalue weighted by Gasteiger charge is 2.44. The van der Waals surface area contributed by atoms with Crippen molar-refractivity contribution in [2.75, 3.05) is 32.2 Å². The Bertz CT molecular complexity index is 1440. The number of carboxylic acid groups (broad SMARTS) is 1. The fourth-order valence-electron chi connectivity index (χ4n) is 5.29. The molecule has 1 N–H and O–H groups in total. The van der Waals surface area contributed by atoms with Gasteiger partial charge in [0.1, 0.15) is 4.88 Å². The molecule has 1 saturated heterocycles. The van der Waals surface area contributed by atoms with Gasteiger partial charge in [-0.3, -0.25) is 4.79 Å². The van der Waals surface area contributed by atoms with Crippen LogP contribution in [-0.2, 0) is 14.8 Å². The number of nitrogens with zero attached hydrogens (tertiary/aromatic N) is 2. The minimum Gasteiger partial charge on any atom is -0.493 e. The van der Waals surface area contributed by atoms with Crippen LogP contribution in [0.25, 0.3) is 0 Å². The summed E-state index contributed by atoms with van der Waals surface area (Å²) in [7, 11) is -1.17. The van der Waals surface area contributed by atoms with E-state index in [1.165, 1.54) is 36.7 Å². The van der Waals surface area contributed by atoms with Crippen molar-refractivity contribution in [2.45, 2.75) is 63.8 Å². The summed E-state index contributed by atoms with van der Waals surface area (Å²) in [6.45, 7) is 5.55. The van der Waals surface area contributed by atoms with Gasteiger partial charge in [-0.05, 0) is 57.7 Å². The zero-order valence-corrected chi connectivity index (χ0v) is 25.2. The molecule has 2 heterocycles. The van der Waals surface area contributed by atoms with Gasteiger partial charge in [-0.2, -0.15) is 4.31 Å². The van der Waals surface area contributed by atoms with Crippen LogP contribution in [0.2, 0.25) is 0 Å². The maximum absolute atomic E-state index is 13.8. The number of methoxy groups -OCH3 is 2. The zero-order valence-electron chi connectivity index (χ0n) is 23.5. The molecule has 4 rings (SSSR count). The summed E-state index contributed by atoms with van der Waals surface area (Å²) < 4.78 is 39.3. The van der Waals surface area contributed by atoms with Gasteiger partial charge >= 0.3 is 5.97 Å². The molecule has 216 valence electrons. The van der Waals surface area contributed by atoms with Crippen LogP contribution in [0.3, 0.4) is 0 Å². The number of rotatable bonds is 7. The Balaban J connectivity index is 1.76. The van der Waals surface area contributed by atoms with Gasteiger partial charge in [0.15, 0.2) is 11.5 Å². The number of sulfonamides is 1. The average molecular weight is 589 g/mol. The number of hydrogen-bond donors (Lipinski definition) is 1. The third-order valence-corrected chi connectivity index (χ3v) is 10.1. The van der Waals surface area contributed by atoms with Crippen molar-refractivity contribution >= 4 is 38.9 Å². The van der Waals surface area contributed by atoms with Crippen LogP contribution >= 0.6 is 11.3 Å². The summed E-state index contributed by atoms with van der Waals surface area (Å²) in [5, 5.41) is 10.0. The molecule has 40 heavy (non-hydrogen) atoms. The second-order valence-electron chi connectivity index (χ2n) is 11.2. The van der Waals surface area contributed by atoms with Crippen molar-refractivity contribution in [1.29, 1.82) is 0 Å². The third-order valence-electron chi connectivity index (χ3n) is 7.22. The van der Waals surface area contributed by atoms with Gasteiger partial charge < -0.3 is 19.5 Å². The summed E-state index contributed by atoms with van der Waals surface area (Å²) >= 11 is 1.04.